The second-order valence-corrected chi connectivity index (χ2v) is 3.43. The number of rotatable bonds is 3. The van der Waals surface area contributed by atoms with Crippen molar-refractivity contribution in [3.8, 4) is 0 Å². The molecule has 0 saturated carbocycles. The highest BCUT2D eigenvalue weighted by atomic mass is 16.2. The molecule has 0 unspecified atom stereocenters. The third-order valence-electron chi connectivity index (χ3n) is 2.46. The summed E-state index contributed by atoms with van der Waals surface area (Å²) < 4.78 is 0. The first-order valence-corrected chi connectivity index (χ1v) is 4.78. The van der Waals surface area contributed by atoms with Crippen molar-refractivity contribution >= 4 is 0 Å². The molecule has 0 saturated heterocycles. The van der Waals surface area contributed by atoms with Crippen molar-refractivity contribution in [3.05, 3.63) is 23.3 Å². The first-order valence-electron chi connectivity index (χ1n) is 4.78. The zero-order valence-corrected chi connectivity index (χ0v) is 7.84. The van der Waals surface area contributed by atoms with Gasteiger partial charge < -0.3 is 5.11 Å². The van der Waals surface area contributed by atoms with E-state index in [0.29, 0.717) is 6.61 Å². The molecule has 1 N–H and O–H groups in total. The first kappa shape index (κ1) is 9.53. The number of aliphatic hydroxyl groups excluding tert-OH is 1. The molecule has 0 aromatic heterocycles. The molecule has 0 radical (unpaired) electrons. The molecule has 1 rings (SSSR count). The van der Waals surface area contributed by atoms with Crippen LogP contribution in [0.25, 0.3) is 0 Å². The van der Waals surface area contributed by atoms with Crippen LogP contribution in [0.2, 0.25) is 0 Å². The Morgan fingerprint density at radius 1 is 1.42 bits per heavy atom. The minimum Gasteiger partial charge on any atom is -0.396 e. The summed E-state index contributed by atoms with van der Waals surface area (Å²) in [6, 6.07) is 0. The minimum atomic E-state index is 0.320. The SMILES string of the molecule is CC1=C(CCCO)CC=CCC1. The fourth-order valence-corrected chi connectivity index (χ4v) is 1.60. The molecule has 12 heavy (non-hydrogen) atoms. The monoisotopic (exact) mass is 166 g/mol. The maximum absolute atomic E-state index is 8.71. The molecule has 1 aliphatic carbocycles. The second kappa shape index (κ2) is 5.15. The Labute approximate surface area is 74.8 Å². The standard InChI is InChI=1S/C11H18O/c1-10-6-3-2-4-7-11(10)8-5-9-12/h2,4,12H,3,5-9H2,1H3. The Kier molecular flexibility index (Phi) is 4.09. The van der Waals surface area contributed by atoms with E-state index in [9.17, 15) is 0 Å². The van der Waals surface area contributed by atoms with Crippen LogP contribution in [-0.2, 0) is 0 Å². The van der Waals surface area contributed by atoms with Crippen molar-refractivity contribution in [1.29, 1.82) is 0 Å². The van der Waals surface area contributed by atoms with Gasteiger partial charge in [0.2, 0.25) is 0 Å². The Balaban J connectivity index is 2.50. The summed E-state index contributed by atoms with van der Waals surface area (Å²) in [7, 11) is 0. The van der Waals surface area contributed by atoms with Gasteiger partial charge in [0.05, 0.1) is 0 Å². The Bertz CT molecular complexity index is 189. The summed E-state index contributed by atoms with van der Waals surface area (Å²) in [5.41, 5.74) is 3.08. The van der Waals surface area contributed by atoms with Gasteiger partial charge in [-0.05, 0) is 39.0 Å². The van der Waals surface area contributed by atoms with Crippen LogP contribution < -0.4 is 0 Å². The zero-order chi connectivity index (χ0) is 8.81. The van der Waals surface area contributed by atoms with E-state index >= 15 is 0 Å². The van der Waals surface area contributed by atoms with E-state index in [1.807, 2.05) is 0 Å². The third kappa shape index (κ3) is 2.82. The van der Waals surface area contributed by atoms with Crippen LogP contribution >= 0.6 is 0 Å². The summed E-state index contributed by atoms with van der Waals surface area (Å²) in [6.45, 7) is 2.54. The highest BCUT2D eigenvalue weighted by Crippen LogP contribution is 2.22. The largest absolute Gasteiger partial charge is 0.396 e. The molecule has 1 heteroatoms. The average molecular weight is 166 g/mol. The predicted octanol–water partition coefficient (Wildman–Crippen LogP) is 2.82. The van der Waals surface area contributed by atoms with Gasteiger partial charge >= 0.3 is 0 Å². The van der Waals surface area contributed by atoms with Crippen LogP contribution in [0.3, 0.4) is 0 Å². The van der Waals surface area contributed by atoms with Crippen LogP contribution in [0.1, 0.15) is 39.0 Å². The molecule has 0 aromatic rings. The Morgan fingerprint density at radius 2 is 2.25 bits per heavy atom. The van der Waals surface area contributed by atoms with Gasteiger partial charge in [0.1, 0.15) is 0 Å². The van der Waals surface area contributed by atoms with E-state index in [-0.39, 0.29) is 0 Å². The van der Waals surface area contributed by atoms with Crippen LogP contribution in [0.4, 0.5) is 0 Å². The van der Waals surface area contributed by atoms with E-state index in [4.69, 9.17) is 5.11 Å². The summed E-state index contributed by atoms with van der Waals surface area (Å²) in [4.78, 5) is 0. The quantitative estimate of drug-likeness (QED) is 0.639. The second-order valence-electron chi connectivity index (χ2n) is 3.43. The van der Waals surface area contributed by atoms with Gasteiger partial charge in [-0.15, -0.1) is 0 Å². The predicted molar refractivity (Wildman–Crippen MR) is 52.0 cm³/mol. The first-order chi connectivity index (χ1) is 5.84. The Morgan fingerprint density at radius 3 is 3.00 bits per heavy atom. The number of allylic oxidation sites excluding steroid dienone is 4. The lowest BCUT2D eigenvalue weighted by Crippen LogP contribution is -1.90. The van der Waals surface area contributed by atoms with Gasteiger partial charge in [-0.2, -0.15) is 0 Å². The lowest BCUT2D eigenvalue weighted by atomic mass is 10.0. The van der Waals surface area contributed by atoms with Crippen molar-refractivity contribution < 1.29 is 5.11 Å². The summed E-state index contributed by atoms with van der Waals surface area (Å²) in [5, 5.41) is 8.71. The Hall–Kier alpha value is -0.560. The maximum Gasteiger partial charge on any atom is 0.0434 e. The molecular formula is C11H18O. The van der Waals surface area contributed by atoms with Gasteiger partial charge in [0.15, 0.2) is 0 Å². The molecular weight excluding hydrogens is 148 g/mol. The van der Waals surface area contributed by atoms with Gasteiger partial charge in [-0.25, -0.2) is 0 Å². The van der Waals surface area contributed by atoms with E-state index in [0.717, 1.165) is 19.3 Å². The minimum absolute atomic E-state index is 0.320. The van der Waals surface area contributed by atoms with Crippen LogP contribution in [-0.4, -0.2) is 11.7 Å². The fraction of sp³-hybridized carbons (Fsp3) is 0.636. The van der Waals surface area contributed by atoms with Gasteiger partial charge in [0.25, 0.3) is 0 Å². The van der Waals surface area contributed by atoms with E-state index in [1.165, 1.54) is 24.0 Å². The van der Waals surface area contributed by atoms with Crippen LogP contribution in [0, 0.1) is 0 Å². The molecule has 0 atom stereocenters. The van der Waals surface area contributed by atoms with Crippen molar-refractivity contribution in [2.24, 2.45) is 0 Å². The average Bonchev–Trinajstić information content (AvgIpc) is 2.27. The summed E-state index contributed by atoms with van der Waals surface area (Å²) >= 11 is 0. The molecule has 0 aromatic carbocycles. The van der Waals surface area contributed by atoms with Gasteiger partial charge in [-0.1, -0.05) is 23.3 Å². The molecule has 0 aliphatic heterocycles. The molecule has 68 valence electrons. The number of aliphatic hydroxyl groups is 1. The van der Waals surface area contributed by atoms with Crippen LogP contribution in [0.5, 0.6) is 0 Å². The van der Waals surface area contributed by atoms with Gasteiger partial charge in [-0.3, -0.25) is 0 Å². The topological polar surface area (TPSA) is 20.2 Å². The smallest absolute Gasteiger partial charge is 0.0434 e. The molecule has 1 nitrogen and oxygen atoms in total. The van der Waals surface area contributed by atoms with E-state index in [2.05, 4.69) is 19.1 Å². The lowest BCUT2D eigenvalue weighted by Gasteiger charge is -2.06. The molecule has 0 spiro atoms. The van der Waals surface area contributed by atoms with Crippen molar-refractivity contribution in [2.75, 3.05) is 6.61 Å². The molecule has 0 amide bonds. The van der Waals surface area contributed by atoms with Crippen molar-refractivity contribution in [1.82, 2.24) is 0 Å². The highest BCUT2D eigenvalue weighted by Gasteiger charge is 2.03. The highest BCUT2D eigenvalue weighted by molar-refractivity contribution is 5.18. The number of hydrogen-bond donors (Lipinski definition) is 1. The molecule has 0 heterocycles. The summed E-state index contributed by atoms with van der Waals surface area (Å²) in [6.07, 6.45) is 10.0. The maximum atomic E-state index is 8.71. The van der Waals surface area contributed by atoms with E-state index in [1.54, 1.807) is 0 Å². The fourth-order valence-electron chi connectivity index (χ4n) is 1.60. The molecule has 0 bridgehead atoms. The van der Waals surface area contributed by atoms with Crippen LogP contribution in [0.15, 0.2) is 23.3 Å². The zero-order valence-electron chi connectivity index (χ0n) is 7.84. The molecule has 0 fully saturated rings. The lowest BCUT2D eigenvalue weighted by molar-refractivity contribution is 0.288. The third-order valence-corrected chi connectivity index (χ3v) is 2.46. The van der Waals surface area contributed by atoms with Crippen molar-refractivity contribution in [2.45, 2.75) is 39.0 Å². The summed E-state index contributed by atoms with van der Waals surface area (Å²) in [5.74, 6) is 0. The molecule has 1 aliphatic rings. The number of hydrogen-bond acceptors (Lipinski definition) is 1. The van der Waals surface area contributed by atoms with Crippen molar-refractivity contribution in [3.63, 3.8) is 0 Å². The van der Waals surface area contributed by atoms with E-state index < -0.39 is 0 Å². The normalized spacial score (nSPS) is 18.2. The van der Waals surface area contributed by atoms with Gasteiger partial charge in [0, 0.05) is 6.61 Å².